The van der Waals surface area contributed by atoms with Gasteiger partial charge in [-0.15, -0.1) is 11.3 Å². The van der Waals surface area contributed by atoms with E-state index in [4.69, 9.17) is 14.2 Å². The van der Waals surface area contributed by atoms with Gasteiger partial charge in [-0.05, 0) is 30.3 Å². The largest absolute Gasteiger partial charge is 0.497 e. The molecule has 0 saturated heterocycles. The Labute approximate surface area is 175 Å². The van der Waals surface area contributed by atoms with Crippen LogP contribution in [0.5, 0.6) is 23.0 Å². The van der Waals surface area contributed by atoms with Gasteiger partial charge < -0.3 is 18.9 Å². The van der Waals surface area contributed by atoms with E-state index in [2.05, 4.69) is 15.0 Å². The van der Waals surface area contributed by atoms with E-state index < -0.39 is 12.5 Å². The number of benzene rings is 2. The zero-order chi connectivity index (χ0) is 21.7. The number of halogens is 2. The molecule has 0 atom stereocenters. The van der Waals surface area contributed by atoms with Crippen LogP contribution in [-0.2, 0) is 0 Å². The van der Waals surface area contributed by atoms with Crippen LogP contribution in [0.15, 0.2) is 41.8 Å². The Hall–Kier alpha value is -3.40. The maximum Gasteiger partial charge on any atom is 0.387 e. The molecule has 3 rings (SSSR count). The molecule has 30 heavy (non-hydrogen) atoms. The molecule has 0 fully saturated rings. The number of aromatic nitrogens is 1. The van der Waals surface area contributed by atoms with Crippen LogP contribution in [0.25, 0.3) is 11.3 Å². The molecule has 0 aliphatic carbocycles. The van der Waals surface area contributed by atoms with Gasteiger partial charge in [0.2, 0.25) is 0 Å². The maximum absolute atomic E-state index is 12.5. The Balaban J connectivity index is 1.78. The van der Waals surface area contributed by atoms with E-state index in [1.807, 2.05) is 6.07 Å². The Kier molecular flexibility index (Phi) is 6.68. The molecule has 0 radical (unpaired) electrons. The number of hydrogen-bond acceptors (Lipinski definition) is 7. The Morgan fingerprint density at radius 1 is 1.00 bits per heavy atom. The fourth-order valence-electron chi connectivity index (χ4n) is 2.64. The Morgan fingerprint density at radius 3 is 2.43 bits per heavy atom. The average molecular weight is 436 g/mol. The first-order chi connectivity index (χ1) is 14.4. The monoisotopic (exact) mass is 436 g/mol. The lowest BCUT2D eigenvalue weighted by atomic mass is 10.1. The van der Waals surface area contributed by atoms with E-state index in [-0.39, 0.29) is 17.1 Å². The highest BCUT2D eigenvalue weighted by atomic mass is 32.1. The van der Waals surface area contributed by atoms with Gasteiger partial charge in [0, 0.05) is 22.6 Å². The lowest BCUT2D eigenvalue weighted by Crippen LogP contribution is -2.12. The predicted octanol–water partition coefficient (Wildman–Crippen LogP) is 4.69. The number of methoxy groups -OCH3 is 3. The summed E-state index contributed by atoms with van der Waals surface area (Å²) in [6.45, 7) is -3.00. The smallest absolute Gasteiger partial charge is 0.387 e. The summed E-state index contributed by atoms with van der Waals surface area (Å²) >= 11 is 1.23. The molecule has 3 aromatic rings. The third-order valence-electron chi connectivity index (χ3n) is 4.05. The van der Waals surface area contributed by atoms with Crippen molar-refractivity contribution >= 4 is 22.4 Å². The Morgan fingerprint density at radius 2 is 1.77 bits per heavy atom. The van der Waals surface area contributed by atoms with Gasteiger partial charge in [0.1, 0.15) is 11.5 Å². The van der Waals surface area contributed by atoms with E-state index >= 15 is 0 Å². The highest BCUT2D eigenvalue weighted by Gasteiger charge is 2.16. The van der Waals surface area contributed by atoms with Gasteiger partial charge in [-0.2, -0.15) is 8.78 Å². The number of anilines is 1. The van der Waals surface area contributed by atoms with Crippen LogP contribution in [0.3, 0.4) is 0 Å². The molecule has 10 heteroatoms. The molecule has 0 bridgehead atoms. The second kappa shape index (κ2) is 9.40. The van der Waals surface area contributed by atoms with Crippen LogP contribution in [0.4, 0.5) is 13.9 Å². The molecule has 7 nitrogen and oxygen atoms in total. The molecule has 0 unspecified atom stereocenters. The number of nitrogens with one attached hydrogen (secondary N) is 1. The van der Waals surface area contributed by atoms with Gasteiger partial charge in [-0.25, -0.2) is 4.98 Å². The van der Waals surface area contributed by atoms with E-state index in [0.29, 0.717) is 22.3 Å². The molecule has 1 heterocycles. The fourth-order valence-corrected chi connectivity index (χ4v) is 3.34. The first-order valence-corrected chi connectivity index (χ1v) is 9.45. The van der Waals surface area contributed by atoms with Crippen LogP contribution < -0.4 is 24.3 Å². The van der Waals surface area contributed by atoms with E-state index in [0.717, 1.165) is 5.56 Å². The van der Waals surface area contributed by atoms with Crippen LogP contribution in [0, 0.1) is 0 Å². The van der Waals surface area contributed by atoms with E-state index in [1.165, 1.54) is 36.6 Å². The number of amides is 1. The molecule has 2 aromatic carbocycles. The summed E-state index contributed by atoms with van der Waals surface area (Å²) < 4.78 is 44.8. The zero-order valence-electron chi connectivity index (χ0n) is 16.3. The number of hydrogen-bond donors (Lipinski definition) is 1. The van der Waals surface area contributed by atoms with Crippen molar-refractivity contribution in [2.24, 2.45) is 0 Å². The number of thiazole rings is 1. The zero-order valence-corrected chi connectivity index (χ0v) is 17.1. The lowest BCUT2D eigenvalue weighted by Gasteiger charge is -2.11. The number of carbonyl (C=O) groups is 1. The standard InChI is InChI=1S/C20H18F2N2O5S/c1-26-12-5-6-13(16(9-12)27-2)14-10-30-20(23-14)24-18(25)11-4-7-15(29-19(21)22)17(8-11)28-3/h4-10,19H,1-3H3,(H,23,24,25). The van der Waals surface area contributed by atoms with E-state index in [9.17, 15) is 13.6 Å². The van der Waals surface area contributed by atoms with Crippen LogP contribution in [-0.4, -0.2) is 38.8 Å². The highest BCUT2D eigenvalue weighted by Crippen LogP contribution is 2.35. The molecule has 1 aromatic heterocycles. The van der Waals surface area contributed by atoms with Crippen molar-refractivity contribution in [3.63, 3.8) is 0 Å². The van der Waals surface area contributed by atoms with Gasteiger partial charge >= 0.3 is 6.61 Å². The molecule has 0 aliphatic heterocycles. The molecular formula is C20H18F2N2O5S. The summed E-state index contributed by atoms with van der Waals surface area (Å²) in [5.74, 6) is 0.613. The number of alkyl halides is 2. The minimum Gasteiger partial charge on any atom is -0.497 e. The quantitative estimate of drug-likeness (QED) is 0.552. The molecular weight excluding hydrogens is 418 g/mol. The van der Waals surface area contributed by atoms with Gasteiger partial charge in [-0.1, -0.05) is 0 Å². The molecule has 0 aliphatic rings. The number of nitrogens with zero attached hydrogens (tertiary/aromatic N) is 1. The SMILES string of the molecule is COc1ccc(-c2csc(NC(=O)c3ccc(OC(F)F)c(OC)c3)n2)c(OC)c1. The highest BCUT2D eigenvalue weighted by molar-refractivity contribution is 7.14. The summed E-state index contributed by atoms with van der Waals surface area (Å²) in [6.07, 6.45) is 0. The number of carbonyl (C=O) groups excluding carboxylic acids is 1. The van der Waals surface area contributed by atoms with Gasteiger partial charge in [0.15, 0.2) is 16.6 Å². The topological polar surface area (TPSA) is 78.9 Å². The second-order valence-electron chi connectivity index (χ2n) is 5.80. The maximum atomic E-state index is 12.5. The summed E-state index contributed by atoms with van der Waals surface area (Å²) in [5.41, 5.74) is 1.56. The van der Waals surface area contributed by atoms with Gasteiger partial charge in [-0.3, -0.25) is 10.1 Å². The second-order valence-corrected chi connectivity index (χ2v) is 6.66. The minimum absolute atomic E-state index is 0.0192. The van der Waals surface area contributed by atoms with Crippen molar-refractivity contribution in [3.05, 3.63) is 47.3 Å². The molecule has 158 valence electrons. The predicted molar refractivity (Wildman–Crippen MR) is 108 cm³/mol. The molecule has 1 amide bonds. The Bertz CT molecular complexity index is 1040. The van der Waals surface area contributed by atoms with Crippen molar-refractivity contribution in [3.8, 4) is 34.3 Å². The van der Waals surface area contributed by atoms with E-state index in [1.54, 1.807) is 31.7 Å². The summed E-state index contributed by atoms with van der Waals surface area (Å²) in [4.78, 5) is 17.0. The van der Waals surface area contributed by atoms with Crippen molar-refractivity contribution in [2.45, 2.75) is 6.61 Å². The third kappa shape index (κ3) is 4.77. The summed E-state index contributed by atoms with van der Waals surface area (Å²) in [5, 5.41) is 4.82. The number of rotatable bonds is 8. The lowest BCUT2D eigenvalue weighted by molar-refractivity contribution is -0.0512. The van der Waals surface area contributed by atoms with Crippen molar-refractivity contribution in [1.82, 2.24) is 4.98 Å². The average Bonchev–Trinajstić information content (AvgIpc) is 3.21. The van der Waals surface area contributed by atoms with Crippen molar-refractivity contribution < 1.29 is 32.5 Å². The fraction of sp³-hybridized carbons (Fsp3) is 0.200. The summed E-state index contributed by atoms with van der Waals surface area (Å²) in [6, 6.07) is 9.25. The van der Waals surface area contributed by atoms with Crippen LogP contribution in [0.1, 0.15) is 10.4 Å². The normalized spacial score (nSPS) is 10.6. The van der Waals surface area contributed by atoms with Crippen LogP contribution in [0.2, 0.25) is 0 Å². The van der Waals surface area contributed by atoms with Crippen molar-refractivity contribution in [2.75, 3.05) is 26.6 Å². The first kappa shape index (κ1) is 21.3. The van der Waals surface area contributed by atoms with Crippen LogP contribution >= 0.6 is 11.3 Å². The summed E-state index contributed by atoms with van der Waals surface area (Å²) in [7, 11) is 4.40. The third-order valence-corrected chi connectivity index (χ3v) is 4.81. The van der Waals surface area contributed by atoms with Crippen molar-refractivity contribution in [1.29, 1.82) is 0 Å². The first-order valence-electron chi connectivity index (χ1n) is 8.57. The van der Waals surface area contributed by atoms with Gasteiger partial charge in [0.25, 0.3) is 5.91 Å². The van der Waals surface area contributed by atoms with Gasteiger partial charge in [0.05, 0.1) is 27.0 Å². The number of ether oxygens (including phenoxy) is 4. The molecule has 0 spiro atoms. The molecule has 1 N–H and O–H groups in total. The molecule has 0 saturated carbocycles. The minimum atomic E-state index is -3.00.